The predicted molar refractivity (Wildman–Crippen MR) is 95.5 cm³/mol. The maximum atomic E-state index is 11.2. The molecule has 0 spiro atoms. The normalized spacial score (nSPS) is 10.5. The molecule has 3 N–H and O–H groups in total. The SMILES string of the molecule is COc1ccc(C=NNC(N)=O)cc1COc1ccc(C)cc1[N+](=O)[O-]. The third-order valence-electron chi connectivity index (χ3n) is 3.39. The average Bonchev–Trinajstić information content (AvgIpc) is 2.60. The molecule has 2 rings (SSSR count). The Morgan fingerprint density at radius 1 is 1.31 bits per heavy atom. The molecule has 0 aliphatic rings. The minimum Gasteiger partial charge on any atom is -0.496 e. The number of benzene rings is 2. The molecular weight excluding hydrogens is 340 g/mol. The van der Waals surface area contributed by atoms with Gasteiger partial charge in [-0.2, -0.15) is 5.10 Å². The van der Waals surface area contributed by atoms with Gasteiger partial charge in [0, 0.05) is 11.6 Å². The van der Waals surface area contributed by atoms with Crippen molar-refractivity contribution in [2.24, 2.45) is 10.8 Å². The number of carbonyl (C=O) groups is 1. The van der Waals surface area contributed by atoms with Gasteiger partial charge in [-0.1, -0.05) is 6.07 Å². The standard InChI is InChI=1S/C17H18N4O5/c1-11-3-5-16(14(7-11)21(23)24)26-10-13-8-12(4-6-15(13)25-2)9-19-20-17(18)22/h3-9H,10H2,1-2H3,(H3,18,20,22). The first kappa shape index (κ1) is 18.7. The Labute approximate surface area is 149 Å². The zero-order chi connectivity index (χ0) is 19.1. The highest BCUT2D eigenvalue weighted by Crippen LogP contribution is 2.29. The number of primary amides is 1. The summed E-state index contributed by atoms with van der Waals surface area (Å²) in [6, 6.07) is 9.12. The number of rotatable bonds is 7. The number of nitrogens with zero attached hydrogens (tertiary/aromatic N) is 2. The van der Waals surface area contributed by atoms with Gasteiger partial charge < -0.3 is 15.2 Å². The number of nitrogens with one attached hydrogen (secondary N) is 1. The van der Waals surface area contributed by atoms with Gasteiger partial charge in [0.1, 0.15) is 12.4 Å². The van der Waals surface area contributed by atoms with E-state index in [0.717, 1.165) is 5.56 Å². The lowest BCUT2D eigenvalue weighted by atomic mass is 10.1. The first-order chi connectivity index (χ1) is 12.4. The van der Waals surface area contributed by atoms with Crippen LogP contribution in [-0.2, 0) is 6.61 Å². The number of amides is 2. The molecule has 0 unspecified atom stereocenters. The van der Waals surface area contributed by atoms with E-state index in [4.69, 9.17) is 15.2 Å². The topological polar surface area (TPSA) is 129 Å². The third kappa shape index (κ3) is 4.94. The van der Waals surface area contributed by atoms with Crippen LogP contribution in [0.4, 0.5) is 10.5 Å². The lowest BCUT2D eigenvalue weighted by Crippen LogP contribution is -2.24. The predicted octanol–water partition coefficient (Wildman–Crippen LogP) is 2.49. The number of nitro groups is 1. The fraction of sp³-hybridized carbons (Fsp3) is 0.176. The second kappa shape index (κ2) is 8.47. The van der Waals surface area contributed by atoms with Crippen molar-refractivity contribution in [2.45, 2.75) is 13.5 Å². The molecule has 9 heteroatoms. The van der Waals surface area contributed by atoms with Crippen LogP contribution in [0.25, 0.3) is 0 Å². The van der Waals surface area contributed by atoms with Gasteiger partial charge >= 0.3 is 11.7 Å². The molecule has 0 saturated carbocycles. The summed E-state index contributed by atoms with van der Waals surface area (Å²) in [5.74, 6) is 0.719. The van der Waals surface area contributed by atoms with Crippen molar-refractivity contribution in [1.82, 2.24) is 5.43 Å². The van der Waals surface area contributed by atoms with Crippen LogP contribution in [0.3, 0.4) is 0 Å². The molecule has 0 aliphatic heterocycles. The lowest BCUT2D eigenvalue weighted by Gasteiger charge is -2.11. The number of hydrazone groups is 1. The molecule has 136 valence electrons. The van der Waals surface area contributed by atoms with E-state index < -0.39 is 11.0 Å². The van der Waals surface area contributed by atoms with Gasteiger partial charge in [-0.05, 0) is 42.3 Å². The number of urea groups is 1. The van der Waals surface area contributed by atoms with E-state index in [0.29, 0.717) is 16.9 Å². The molecule has 0 heterocycles. The maximum absolute atomic E-state index is 11.2. The molecule has 0 radical (unpaired) electrons. The van der Waals surface area contributed by atoms with Gasteiger partial charge in [0.15, 0.2) is 5.75 Å². The zero-order valence-corrected chi connectivity index (χ0v) is 14.3. The summed E-state index contributed by atoms with van der Waals surface area (Å²) in [6.07, 6.45) is 1.40. The fourth-order valence-corrected chi connectivity index (χ4v) is 2.21. The zero-order valence-electron chi connectivity index (χ0n) is 14.3. The van der Waals surface area contributed by atoms with Gasteiger partial charge in [-0.3, -0.25) is 10.1 Å². The Morgan fingerprint density at radius 3 is 2.69 bits per heavy atom. The summed E-state index contributed by atoms with van der Waals surface area (Å²) in [4.78, 5) is 21.3. The van der Waals surface area contributed by atoms with Crippen LogP contribution in [0.15, 0.2) is 41.5 Å². The van der Waals surface area contributed by atoms with Crippen molar-refractivity contribution in [2.75, 3.05) is 7.11 Å². The molecular formula is C17H18N4O5. The molecule has 0 fully saturated rings. The van der Waals surface area contributed by atoms with Crippen molar-refractivity contribution >= 4 is 17.9 Å². The minimum atomic E-state index is -0.773. The van der Waals surface area contributed by atoms with Gasteiger partial charge in [-0.25, -0.2) is 10.2 Å². The number of methoxy groups -OCH3 is 1. The largest absolute Gasteiger partial charge is 0.496 e. The molecule has 9 nitrogen and oxygen atoms in total. The second-order valence-electron chi connectivity index (χ2n) is 5.32. The Balaban J connectivity index is 2.22. The highest BCUT2D eigenvalue weighted by Gasteiger charge is 2.16. The average molecular weight is 358 g/mol. The van der Waals surface area contributed by atoms with Crippen molar-refractivity contribution < 1.29 is 19.2 Å². The number of hydrogen-bond acceptors (Lipinski definition) is 6. The Hall–Kier alpha value is -3.62. The Morgan fingerprint density at radius 2 is 2.04 bits per heavy atom. The first-order valence-electron chi connectivity index (χ1n) is 7.54. The van der Waals surface area contributed by atoms with Gasteiger partial charge in [-0.15, -0.1) is 0 Å². The molecule has 0 saturated heterocycles. The van der Waals surface area contributed by atoms with Gasteiger partial charge in [0.05, 0.1) is 18.2 Å². The van der Waals surface area contributed by atoms with Crippen LogP contribution in [-0.4, -0.2) is 24.3 Å². The second-order valence-corrected chi connectivity index (χ2v) is 5.32. The number of carbonyl (C=O) groups excluding carboxylic acids is 1. The van der Waals surface area contributed by atoms with E-state index in [1.807, 2.05) is 0 Å². The van der Waals surface area contributed by atoms with Crippen molar-refractivity contribution in [3.8, 4) is 11.5 Å². The summed E-state index contributed by atoms with van der Waals surface area (Å²) in [6.45, 7) is 1.82. The van der Waals surface area contributed by atoms with Crippen molar-refractivity contribution in [3.63, 3.8) is 0 Å². The molecule has 2 aromatic carbocycles. The molecule has 26 heavy (non-hydrogen) atoms. The summed E-state index contributed by atoms with van der Waals surface area (Å²) in [7, 11) is 1.51. The van der Waals surface area contributed by atoms with Gasteiger partial charge in [0.2, 0.25) is 0 Å². The summed E-state index contributed by atoms with van der Waals surface area (Å²) >= 11 is 0. The maximum Gasteiger partial charge on any atom is 0.332 e. The summed E-state index contributed by atoms with van der Waals surface area (Å²) in [5.41, 5.74) is 9.01. The van der Waals surface area contributed by atoms with Crippen LogP contribution >= 0.6 is 0 Å². The molecule has 0 aromatic heterocycles. The number of nitro benzene ring substituents is 1. The fourth-order valence-electron chi connectivity index (χ4n) is 2.21. The molecule has 0 atom stereocenters. The number of hydrogen-bond donors (Lipinski definition) is 2. The van der Waals surface area contributed by atoms with Crippen molar-refractivity contribution in [1.29, 1.82) is 0 Å². The summed E-state index contributed by atoms with van der Waals surface area (Å²) < 4.78 is 10.9. The minimum absolute atomic E-state index is 0.0536. The highest BCUT2D eigenvalue weighted by atomic mass is 16.6. The molecule has 2 aromatic rings. The summed E-state index contributed by atoms with van der Waals surface area (Å²) in [5, 5.41) is 14.9. The highest BCUT2D eigenvalue weighted by molar-refractivity contribution is 5.82. The quantitative estimate of drug-likeness (QED) is 0.446. The third-order valence-corrected chi connectivity index (χ3v) is 3.39. The van der Waals surface area contributed by atoms with Crippen molar-refractivity contribution in [3.05, 3.63) is 63.2 Å². The van der Waals surface area contributed by atoms with Gasteiger partial charge in [0.25, 0.3) is 0 Å². The number of ether oxygens (including phenoxy) is 2. The van der Waals surface area contributed by atoms with E-state index in [-0.39, 0.29) is 18.0 Å². The number of nitrogens with two attached hydrogens (primary N) is 1. The van der Waals surface area contributed by atoms with E-state index in [2.05, 4.69) is 10.5 Å². The number of aryl methyl sites for hydroxylation is 1. The van der Waals surface area contributed by atoms with Crippen LogP contribution in [0.5, 0.6) is 11.5 Å². The Bertz CT molecular complexity index is 851. The first-order valence-corrected chi connectivity index (χ1v) is 7.54. The van der Waals surface area contributed by atoms with E-state index in [1.165, 1.54) is 19.4 Å². The van der Waals surface area contributed by atoms with Crippen LogP contribution in [0, 0.1) is 17.0 Å². The monoisotopic (exact) mass is 358 g/mol. The molecule has 2 amide bonds. The smallest absolute Gasteiger partial charge is 0.332 e. The Kier molecular flexibility index (Phi) is 6.10. The van der Waals surface area contributed by atoms with Crippen LogP contribution in [0.1, 0.15) is 16.7 Å². The van der Waals surface area contributed by atoms with E-state index in [1.54, 1.807) is 37.3 Å². The van der Waals surface area contributed by atoms with E-state index >= 15 is 0 Å². The molecule has 0 bridgehead atoms. The van der Waals surface area contributed by atoms with E-state index in [9.17, 15) is 14.9 Å². The van der Waals surface area contributed by atoms with Crippen LogP contribution < -0.4 is 20.6 Å². The molecule has 0 aliphatic carbocycles. The lowest BCUT2D eigenvalue weighted by molar-refractivity contribution is -0.386. The van der Waals surface area contributed by atoms with Crippen LogP contribution in [0.2, 0.25) is 0 Å².